The number of pyridine rings is 1. The van der Waals surface area contributed by atoms with Gasteiger partial charge in [-0.3, -0.25) is 4.90 Å². The molecule has 0 saturated carbocycles. The van der Waals surface area contributed by atoms with Crippen LogP contribution in [0.2, 0.25) is 5.02 Å². The van der Waals surface area contributed by atoms with Crippen LogP contribution in [0.3, 0.4) is 0 Å². The topological polar surface area (TPSA) is 90.9 Å². The van der Waals surface area contributed by atoms with E-state index in [4.69, 9.17) is 31.2 Å². The largest absolute Gasteiger partial charge is 0.480 e. The number of piperazine rings is 1. The van der Waals surface area contributed by atoms with Gasteiger partial charge in [-0.2, -0.15) is 4.98 Å². The maximum Gasteiger partial charge on any atom is 0.340 e. The third-order valence-electron chi connectivity index (χ3n) is 6.55. The smallest absolute Gasteiger partial charge is 0.340 e. The highest BCUT2D eigenvalue weighted by Crippen LogP contribution is 2.38. The van der Waals surface area contributed by atoms with E-state index in [-0.39, 0.29) is 12.6 Å². The summed E-state index contributed by atoms with van der Waals surface area (Å²) in [7, 11) is 1.61. The van der Waals surface area contributed by atoms with Crippen molar-refractivity contribution in [1.82, 2.24) is 14.9 Å². The molecule has 0 bridgehead atoms. The normalized spacial score (nSPS) is 14.8. The molecule has 200 valence electrons. The number of ether oxygens (including phenoxy) is 2. The van der Waals surface area contributed by atoms with Gasteiger partial charge in [-0.05, 0) is 70.8 Å². The third kappa shape index (κ3) is 6.55. The van der Waals surface area contributed by atoms with Crippen LogP contribution in [0.25, 0.3) is 22.0 Å². The van der Waals surface area contributed by atoms with Crippen LogP contribution in [0, 0.1) is 0 Å². The van der Waals surface area contributed by atoms with Gasteiger partial charge >= 0.3 is 5.97 Å². The minimum atomic E-state index is -0.593. The molecule has 37 heavy (non-hydrogen) atoms. The van der Waals surface area contributed by atoms with Crippen LogP contribution in [0.5, 0.6) is 5.88 Å². The van der Waals surface area contributed by atoms with Crippen LogP contribution in [-0.2, 0) is 4.74 Å². The van der Waals surface area contributed by atoms with Crippen molar-refractivity contribution in [3.8, 4) is 17.0 Å². The lowest BCUT2D eigenvalue weighted by atomic mass is 10.0. The average molecular weight is 529 g/mol. The molecule has 0 aliphatic carbocycles. The summed E-state index contributed by atoms with van der Waals surface area (Å²) in [6.07, 6.45) is 4.71. The Morgan fingerprint density at radius 2 is 1.86 bits per heavy atom. The van der Waals surface area contributed by atoms with Gasteiger partial charge < -0.3 is 24.5 Å². The van der Waals surface area contributed by atoms with Crippen molar-refractivity contribution in [2.45, 2.75) is 45.6 Å². The Morgan fingerprint density at radius 3 is 2.54 bits per heavy atom. The molecule has 9 heteroatoms. The Labute approximate surface area is 223 Å². The molecule has 3 aromatic rings. The molecule has 0 unspecified atom stereocenters. The van der Waals surface area contributed by atoms with Gasteiger partial charge in [-0.1, -0.05) is 11.6 Å². The van der Waals surface area contributed by atoms with E-state index < -0.39 is 5.60 Å². The molecular formula is C28H37ClN4O4. The van der Waals surface area contributed by atoms with Crippen LogP contribution >= 0.6 is 11.6 Å². The Balaban J connectivity index is 1.54. The van der Waals surface area contributed by atoms with E-state index in [1.165, 1.54) is 0 Å². The molecule has 1 aliphatic rings. The molecule has 8 nitrogen and oxygen atoms in total. The van der Waals surface area contributed by atoms with E-state index in [2.05, 4.69) is 14.8 Å². The Kier molecular flexibility index (Phi) is 8.62. The summed E-state index contributed by atoms with van der Waals surface area (Å²) in [4.78, 5) is 25.5. The number of H-pyrrole nitrogens is 1. The number of unbranched alkanes of at least 4 members (excludes halogenated alkanes) is 2. The monoisotopic (exact) mass is 528 g/mol. The number of carbonyl (C=O) groups excluding carboxylic acids is 1. The van der Waals surface area contributed by atoms with Gasteiger partial charge in [-0.15, -0.1) is 0 Å². The number of nitrogens with zero attached hydrogens (tertiary/aromatic N) is 3. The lowest BCUT2D eigenvalue weighted by Gasteiger charge is -2.35. The maximum atomic E-state index is 12.8. The number of aromatic amines is 1. The van der Waals surface area contributed by atoms with E-state index in [1.54, 1.807) is 13.3 Å². The molecule has 2 aromatic heterocycles. The molecule has 1 aromatic carbocycles. The number of esters is 1. The van der Waals surface area contributed by atoms with Gasteiger partial charge in [0.25, 0.3) is 0 Å². The van der Waals surface area contributed by atoms with E-state index >= 15 is 0 Å². The zero-order valence-corrected chi connectivity index (χ0v) is 22.9. The molecule has 0 radical (unpaired) electrons. The second-order valence-electron chi connectivity index (χ2n) is 10.4. The fraction of sp³-hybridized carbons (Fsp3) is 0.500. The summed E-state index contributed by atoms with van der Waals surface area (Å²) in [5.41, 5.74) is 2.12. The fourth-order valence-electron chi connectivity index (χ4n) is 4.64. The Bertz CT molecular complexity index is 1230. The maximum absolute atomic E-state index is 12.8. The number of benzene rings is 1. The second kappa shape index (κ2) is 11.7. The van der Waals surface area contributed by atoms with Crippen molar-refractivity contribution in [1.29, 1.82) is 0 Å². The van der Waals surface area contributed by atoms with Gasteiger partial charge in [0.15, 0.2) is 0 Å². The van der Waals surface area contributed by atoms with Crippen LogP contribution < -0.4 is 9.64 Å². The van der Waals surface area contributed by atoms with Crippen molar-refractivity contribution < 1.29 is 19.4 Å². The number of methoxy groups -OCH3 is 1. The third-order valence-corrected chi connectivity index (χ3v) is 6.86. The van der Waals surface area contributed by atoms with Crippen molar-refractivity contribution in [3.63, 3.8) is 0 Å². The first-order valence-corrected chi connectivity index (χ1v) is 13.3. The van der Waals surface area contributed by atoms with E-state index in [9.17, 15) is 4.79 Å². The van der Waals surface area contributed by atoms with Gasteiger partial charge in [0.05, 0.1) is 17.7 Å². The minimum absolute atomic E-state index is 0.270. The number of nitrogens with one attached hydrogen (secondary N) is 1. The predicted molar refractivity (Wildman–Crippen MR) is 148 cm³/mol. The van der Waals surface area contributed by atoms with Crippen molar-refractivity contribution in [3.05, 3.63) is 41.0 Å². The highest BCUT2D eigenvalue weighted by atomic mass is 35.5. The highest BCUT2D eigenvalue weighted by Gasteiger charge is 2.23. The first kappa shape index (κ1) is 27.2. The van der Waals surface area contributed by atoms with Gasteiger partial charge in [0.1, 0.15) is 11.4 Å². The van der Waals surface area contributed by atoms with Crippen LogP contribution in [-0.4, -0.2) is 78.0 Å². The quantitative estimate of drug-likeness (QED) is 0.294. The number of aliphatic hydroxyl groups is 1. The zero-order chi connectivity index (χ0) is 26.6. The lowest BCUT2D eigenvalue weighted by Crippen LogP contribution is -2.46. The molecule has 1 aliphatic heterocycles. The first-order chi connectivity index (χ1) is 17.7. The average Bonchev–Trinajstić information content (AvgIpc) is 3.28. The SMILES string of the molecule is COc1nc(N2CCN(CCCCCO)CC2)ccc1-c1cc2c(C(=O)OC(C)(C)C)c[nH]c2cc1Cl. The number of halogens is 1. The number of carbonyl (C=O) groups is 1. The summed E-state index contributed by atoms with van der Waals surface area (Å²) < 4.78 is 11.3. The minimum Gasteiger partial charge on any atom is -0.480 e. The molecule has 0 amide bonds. The van der Waals surface area contributed by atoms with Crippen molar-refractivity contribution in [2.75, 3.05) is 51.3 Å². The molecule has 4 rings (SSSR count). The zero-order valence-electron chi connectivity index (χ0n) is 22.1. The summed E-state index contributed by atoms with van der Waals surface area (Å²) in [6, 6.07) is 7.69. The second-order valence-corrected chi connectivity index (χ2v) is 10.8. The highest BCUT2D eigenvalue weighted by molar-refractivity contribution is 6.34. The van der Waals surface area contributed by atoms with Gasteiger partial charge in [0, 0.05) is 61.0 Å². The predicted octanol–water partition coefficient (Wildman–Crippen LogP) is 5.13. The van der Waals surface area contributed by atoms with Crippen LogP contribution in [0.1, 0.15) is 50.4 Å². The Hall–Kier alpha value is -2.81. The molecule has 1 saturated heterocycles. The summed E-state index contributed by atoms with van der Waals surface area (Å²) in [5.74, 6) is 0.966. The van der Waals surface area contributed by atoms with E-state index in [1.807, 2.05) is 45.0 Å². The number of fused-ring (bicyclic) bond motifs is 1. The van der Waals surface area contributed by atoms with Gasteiger partial charge in [-0.25, -0.2) is 4.79 Å². The van der Waals surface area contributed by atoms with Crippen molar-refractivity contribution >= 4 is 34.3 Å². The Morgan fingerprint density at radius 1 is 1.11 bits per heavy atom. The summed E-state index contributed by atoms with van der Waals surface area (Å²) in [5, 5.41) is 10.2. The summed E-state index contributed by atoms with van der Waals surface area (Å²) in [6.45, 7) is 10.6. The number of aromatic nitrogens is 2. The van der Waals surface area contributed by atoms with Crippen molar-refractivity contribution in [2.24, 2.45) is 0 Å². The number of anilines is 1. The number of hydrogen-bond acceptors (Lipinski definition) is 7. The summed E-state index contributed by atoms with van der Waals surface area (Å²) >= 11 is 6.68. The number of rotatable bonds is 9. The fourth-order valence-corrected chi connectivity index (χ4v) is 4.91. The van der Waals surface area contributed by atoms with E-state index in [0.29, 0.717) is 16.5 Å². The van der Waals surface area contributed by atoms with Crippen LogP contribution in [0.4, 0.5) is 5.82 Å². The molecule has 2 N–H and O–H groups in total. The number of hydrogen-bond donors (Lipinski definition) is 2. The van der Waals surface area contributed by atoms with Crippen LogP contribution in [0.15, 0.2) is 30.5 Å². The number of aliphatic hydroxyl groups excluding tert-OH is 1. The molecule has 1 fully saturated rings. The standard InChI is InChI=1S/C28H37ClN4O4/c1-28(2,3)37-27(35)22-18-30-24-17-23(29)20(16-21(22)24)19-8-9-25(31-26(19)36-4)33-13-11-32(12-14-33)10-6-5-7-15-34/h8-9,16-18,30,34H,5-7,10-15H2,1-4H3. The molecular weight excluding hydrogens is 492 g/mol. The van der Waals surface area contributed by atoms with E-state index in [0.717, 1.165) is 79.8 Å². The molecule has 0 atom stereocenters. The lowest BCUT2D eigenvalue weighted by molar-refractivity contribution is 0.00719. The first-order valence-electron chi connectivity index (χ1n) is 12.9. The molecule has 3 heterocycles. The molecule has 0 spiro atoms. The van der Waals surface area contributed by atoms with Gasteiger partial charge in [0.2, 0.25) is 5.88 Å².